The van der Waals surface area contributed by atoms with Crippen LogP contribution in [0.5, 0.6) is 0 Å². The Kier molecular flexibility index (Phi) is 6.63. The molecule has 0 radical (unpaired) electrons. The Morgan fingerprint density at radius 3 is 2.25 bits per heavy atom. The number of pyridine rings is 1. The van der Waals surface area contributed by atoms with Crippen LogP contribution in [0.1, 0.15) is 25.7 Å². The number of aromatic nitrogens is 1. The lowest BCUT2D eigenvalue weighted by atomic mass is 9.90. The summed E-state index contributed by atoms with van der Waals surface area (Å²) >= 11 is 0. The van der Waals surface area contributed by atoms with Gasteiger partial charge in [-0.2, -0.15) is 0 Å². The van der Waals surface area contributed by atoms with Gasteiger partial charge in [-0.05, 0) is 73.2 Å². The number of urea groups is 1. The van der Waals surface area contributed by atoms with Gasteiger partial charge < -0.3 is 15.5 Å². The summed E-state index contributed by atoms with van der Waals surface area (Å²) in [6.07, 6.45) is 7.39. The van der Waals surface area contributed by atoms with Crippen LogP contribution in [0.25, 0.3) is 11.1 Å². The fourth-order valence-corrected chi connectivity index (χ4v) is 4.14. The number of halogens is 2. The molecule has 2 N–H and O–H groups in total. The minimum absolute atomic E-state index is 0.168. The van der Waals surface area contributed by atoms with Crippen molar-refractivity contribution in [3.63, 3.8) is 0 Å². The first kappa shape index (κ1) is 21.7. The molecule has 2 aromatic carbocycles. The summed E-state index contributed by atoms with van der Waals surface area (Å²) in [6, 6.07) is 14.7. The number of hydrogen-bond donors (Lipinski definition) is 2. The summed E-state index contributed by atoms with van der Waals surface area (Å²) in [7, 11) is 1.82. The topological polar surface area (TPSA) is 57.3 Å². The van der Waals surface area contributed by atoms with Gasteiger partial charge in [0.15, 0.2) is 0 Å². The molecule has 3 aromatic rings. The number of nitrogens with one attached hydrogen (secondary N) is 2. The maximum absolute atomic E-state index is 13.5. The first-order valence-electron chi connectivity index (χ1n) is 10.7. The highest BCUT2D eigenvalue weighted by molar-refractivity contribution is 5.89. The number of hydrogen-bond acceptors (Lipinski definition) is 3. The largest absolute Gasteiger partial charge is 0.381 e. The van der Waals surface area contributed by atoms with Crippen LogP contribution in [0, 0.1) is 11.6 Å². The van der Waals surface area contributed by atoms with Crippen LogP contribution in [0.4, 0.5) is 25.0 Å². The van der Waals surface area contributed by atoms with Crippen molar-refractivity contribution in [1.29, 1.82) is 0 Å². The quantitative estimate of drug-likeness (QED) is 0.522. The number of rotatable bonds is 5. The molecule has 0 aliphatic heterocycles. The molecule has 5 nitrogen and oxygen atoms in total. The molecule has 0 spiro atoms. The molecule has 1 aliphatic carbocycles. The fourth-order valence-electron chi connectivity index (χ4n) is 4.14. The molecule has 1 heterocycles. The number of benzene rings is 2. The maximum Gasteiger partial charge on any atom is 0.321 e. The van der Waals surface area contributed by atoms with Crippen LogP contribution in [-0.2, 0) is 0 Å². The van der Waals surface area contributed by atoms with E-state index in [0.717, 1.165) is 37.4 Å². The van der Waals surface area contributed by atoms with E-state index in [1.807, 2.05) is 25.4 Å². The summed E-state index contributed by atoms with van der Waals surface area (Å²) in [5, 5.41) is 6.41. The van der Waals surface area contributed by atoms with E-state index in [-0.39, 0.29) is 12.1 Å². The Bertz CT molecular complexity index is 1030. The number of nitrogens with zero attached hydrogens (tertiary/aromatic N) is 2. The summed E-state index contributed by atoms with van der Waals surface area (Å²) in [4.78, 5) is 18.6. The molecule has 0 bridgehead atoms. The van der Waals surface area contributed by atoms with E-state index in [2.05, 4.69) is 15.6 Å². The molecular weight excluding hydrogens is 410 g/mol. The maximum atomic E-state index is 13.5. The van der Waals surface area contributed by atoms with Gasteiger partial charge in [0.25, 0.3) is 0 Å². The minimum atomic E-state index is -0.621. The SMILES string of the molecule is CN(C(=O)Nc1ccc(-c2cc(F)cc(F)c2)cc1)C1CCC(Nc2cccnc2)CC1. The van der Waals surface area contributed by atoms with Gasteiger partial charge in [-0.15, -0.1) is 0 Å². The van der Waals surface area contributed by atoms with Gasteiger partial charge in [0.2, 0.25) is 0 Å². The van der Waals surface area contributed by atoms with Crippen molar-refractivity contribution in [1.82, 2.24) is 9.88 Å². The van der Waals surface area contributed by atoms with Crippen molar-refractivity contribution in [2.24, 2.45) is 0 Å². The molecular formula is C25H26F2N4O. The van der Waals surface area contributed by atoms with Crippen LogP contribution < -0.4 is 10.6 Å². The van der Waals surface area contributed by atoms with Gasteiger partial charge in [-0.1, -0.05) is 12.1 Å². The Hall–Kier alpha value is -3.48. The molecule has 166 valence electrons. The molecule has 0 unspecified atom stereocenters. The second-order valence-corrected chi connectivity index (χ2v) is 8.17. The molecule has 1 aromatic heterocycles. The Balaban J connectivity index is 1.30. The van der Waals surface area contributed by atoms with Gasteiger partial charge in [0, 0.05) is 43.3 Å². The van der Waals surface area contributed by atoms with Crippen LogP contribution in [0.3, 0.4) is 0 Å². The van der Waals surface area contributed by atoms with E-state index < -0.39 is 11.6 Å². The summed E-state index contributed by atoms with van der Waals surface area (Å²) < 4.78 is 26.9. The molecule has 1 fully saturated rings. The molecule has 0 atom stereocenters. The van der Waals surface area contributed by atoms with E-state index in [1.165, 1.54) is 12.1 Å². The molecule has 4 rings (SSSR count). The second-order valence-electron chi connectivity index (χ2n) is 8.17. The van der Waals surface area contributed by atoms with Crippen molar-refractivity contribution in [2.45, 2.75) is 37.8 Å². The second kappa shape index (κ2) is 9.77. The molecule has 32 heavy (non-hydrogen) atoms. The highest BCUT2D eigenvalue weighted by Gasteiger charge is 2.26. The number of carbonyl (C=O) groups excluding carboxylic acids is 1. The zero-order valence-electron chi connectivity index (χ0n) is 17.9. The Labute approximate surface area is 186 Å². The van der Waals surface area contributed by atoms with E-state index in [9.17, 15) is 13.6 Å². The van der Waals surface area contributed by atoms with Crippen molar-refractivity contribution in [3.05, 3.63) is 78.6 Å². The van der Waals surface area contributed by atoms with E-state index in [4.69, 9.17) is 0 Å². The van der Waals surface area contributed by atoms with Crippen LogP contribution >= 0.6 is 0 Å². The molecule has 2 amide bonds. The molecule has 7 heteroatoms. The Morgan fingerprint density at radius 1 is 0.938 bits per heavy atom. The Morgan fingerprint density at radius 2 is 1.62 bits per heavy atom. The predicted molar refractivity (Wildman–Crippen MR) is 122 cm³/mol. The summed E-state index contributed by atoms with van der Waals surface area (Å²) in [6.45, 7) is 0. The first-order chi connectivity index (χ1) is 15.5. The number of carbonyl (C=O) groups is 1. The van der Waals surface area contributed by atoms with Crippen LogP contribution in [0.2, 0.25) is 0 Å². The zero-order chi connectivity index (χ0) is 22.5. The van der Waals surface area contributed by atoms with E-state index in [0.29, 0.717) is 22.9 Å². The average Bonchev–Trinajstić information content (AvgIpc) is 2.79. The van der Waals surface area contributed by atoms with Gasteiger partial charge in [0.1, 0.15) is 11.6 Å². The predicted octanol–water partition coefficient (Wildman–Crippen LogP) is 5.91. The fraction of sp³-hybridized carbons (Fsp3) is 0.280. The molecule has 0 saturated heterocycles. The van der Waals surface area contributed by atoms with E-state index >= 15 is 0 Å². The highest BCUT2D eigenvalue weighted by Crippen LogP contribution is 2.26. The van der Waals surface area contributed by atoms with Crippen molar-refractivity contribution in [2.75, 3.05) is 17.7 Å². The minimum Gasteiger partial charge on any atom is -0.381 e. The zero-order valence-corrected chi connectivity index (χ0v) is 17.9. The lowest BCUT2D eigenvalue weighted by molar-refractivity contribution is 0.183. The monoisotopic (exact) mass is 436 g/mol. The standard InChI is InChI=1S/C25H26F2N4O/c1-31(24-10-8-21(9-11-24)29-23-3-2-12-28-16-23)25(32)30-22-6-4-17(5-7-22)18-13-19(26)15-20(27)14-18/h2-7,12-16,21,24,29H,8-11H2,1H3,(H,30,32). The average molecular weight is 437 g/mol. The first-order valence-corrected chi connectivity index (χ1v) is 10.7. The lowest BCUT2D eigenvalue weighted by Crippen LogP contribution is -2.43. The van der Waals surface area contributed by atoms with Crippen molar-refractivity contribution in [3.8, 4) is 11.1 Å². The molecule has 1 saturated carbocycles. The van der Waals surface area contributed by atoms with Gasteiger partial charge in [-0.25, -0.2) is 13.6 Å². The van der Waals surface area contributed by atoms with E-state index in [1.54, 1.807) is 35.4 Å². The lowest BCUT2D eigenvalue weighted by Gasteiger charge is -2.35. The van der Waals surface area contributed by atoms with Crippen LogP contribution in [-0.4, -0.2) is 35.0 Å². The third-order valence-electron chi connectivity index (χ3n) is 5.93. The highest BCUT2D eigenvalue weighted by atomic mass is 19.1. The normalized spacial score (nSPS) is 18.1. The number of anilines is 2. The van der Waals surface area contributed by atoms with Gasteiger partial charge >= 0.3 is 6.03 Å². The van der Waals surface area contributed by atoms with Crippen molar-refractivity contribution < 1.29 is 13.6 Å². The van der Waals surface area contributed by atoms with Gasteiger partial charge in [0.05, 0.1) is 5.69 Å². The third-order valence-corrected chi connectivity index (χ3v) is 5.93. The smallest absolute Gasteiger partial charge is 0.321 e. The third kappa shape index (κ3) is 5.41. The summed E-state index contributed by atoms with van der Waals surface area (Å²) in [5.74, 6) is -1.24. The number of amides is 2. The summed E-state index contributed by atoms with van der Waals surface area (Å²) in [5.41, 5.74) is 2.78. The molecule has 1 aliphatic rings. The van der Waals surface area contributed by atoms with Crippen LogP contribution in [0.15, 0.2) is 67.0 Å². The van der Waals surface area contributed by atoms with Gasteiger partial charge in [-0.3, -0.25) is 4.98 Å². The van der Waals surface area contributed by atoms with Crippen molar-refractivity contribution >= 4 is 17.4 Å².